The van der Waals surface area contributed by atoms with Crippen LogP contribution in [0.15, 0.2) is 77.8 Å². The van der Waals surface area contributed by atoms with Crippen molar-refractivity contribution in [2.45, 2.75) is 11.4 Å². The third kappa shape index (κ3) is 4.80. The lowest BCUT2D eigenvalue weighted by molar-refractivity contribution is -0.113. The molecule has 0 radical (unpaired) electrons. The summed E-state index contributed by atoms with van der Waals surface area (Å²) in [6, 6.07) is 20.5. The number of amides is 1. The van der Waals surface area contributed by atoms with E-state index in [1.165, 1.54) is 17.8 Å². The van der Waals surface area contributed by atoms with E-state index in [4.69, 9.17) is 4.98 Å². The Balaban J connectivity index is 1.54. The van der Waals surface area contributed by atoms with E-state index in [1.807, 2.05) is 54.6 Å². The van der Waals surface area contributed by atoms with Crippen LogP contribution in [0.4, 0.5) is 14.5 Å². The molecule has 30 heavy (non-hydrogen) atoms. The SMILES string of the molecule is O=C(CSc1nc2ccccc2nc1Cc1ccccc1)Nc1ccc(F)cc1F. The summed E-state index contributed by atoms with van der Waals surface area (Å²) >= 11 is 1.24. The zero-order chi connectivity index (χ0) is 20.9. The number of nitrogens with one attached hydrogen (secondary N) is 1. The molecule has 0 unspecified atom stereocenters. The van der Waals surface area contributed by atoms with E-state index < -0.39 is 17.5 Å². The second-order valence-electron chi connectivity index (χ2n) is 6.59. The number of benzene rings is 3. The molecule has 1 N–H and O–H groups in total. The van der Waals surface area contributed by atoms with Crippen molar-refractivity contribution >= 4 is 34.4 Å². The van der Waals surface area contributed by atoms with Crippen molar-refractivity contribution in [1.82, 2.24) is 9.97 Å². The van der Waals surface area contributed by atoms with Gasteiger partial charge in [-0.1, -0.05) is 54.2 Å². The van der Waals surface area contributed by atoms with Crippen molar-refractivity contribution in [1.29, 1.82) is 0 Å². The van der Waals surface area contributed by atoms with Crippen molar-refractivity contribution in [3.63, 3.8) is 0 Å². The number of para-hydroxylation sites is 2. The number of carbonyl (C=O) groups excluding carboxylic acids is 1. The van der Waals surface area contributed by atoms with Crippen LogP contribution in [0.1, 0.15) is 11.3 Å². The van der Waals surface area contributed by atoms with Gasteiger partial charge in [-0.2, -0.15) is 0 Å². The van der Waals surface area contributed by atoms with Gasteiger partial charge in [-0.3, -0.25) is 4.79 Å². The summed E-state index contributed by atoms with van der Waals surface area (Å²) in [5, 5.41) is 3.11. The van der Waals surface area contributed by atoms with Gasteiger partial charge in [0.25, 0.3) is 0 Å². The van der Waals surface area contributed by atoms with E-state index in [0.717, 1.165) is 34.4 Å². The Kier molecular flexibility index (Phi) is 5.99. The van der Waals surface area contributed by atoms with Crippen LogP contribution in [0, 0.1) is 11.6 Å². The van der Waals surface area contributed by atoms with Crippen LogP contribution in [0.5, 0.6) is 0 Å². The first-order valence-corrected chi connectivity index (χ1v) is 10.2. The van der Waals surface area contributed by atoms with Crippen LogP contribution < -0.4 is 5.32 Å². The molecule has 0 aliphatic rings. The third-order valence-corrected chi connectivity index (χ3v) is 5.37. The number of carbonyl (C=O) groups is 1. The van der Waals surface area contributed by atoms with Crippen molar-refractivity contribution in [3.8, 4) is 0 Å². The smallest absolute Gasteiger partial charge is 0.234 e. The van der Waals surface area contributed by atoms with Crippen molar-refractivity contribution in [3.05, 3.63) is 95.7 Å². The Labute approximate surface area is 176 Å². The van der Waals surface area contributed by atoms with Crippen molar-refractivity contribution in [2.24, 2.45) is 0 Å². The Bertz CT molecular complexity index is 1200. The zero-order valence-electron chi connectivity index (χ0n) is 15.8. The molecule has 4 rings (SSSR count). The molecule has 1 heterocycles. The van der Waals surface area contributed by atoms with Gasteiger partial charge >= 0.3 is 0 Å². The minimum Gasteiger partial charge on any atom is -0.323 e. The molecule has 7 heteroatoms. The predicted molar refractivity (Wildman–Crippen MR) is 114 cm³/mol. The number of hydrogen-bond acceptors (Lipinski definition) is 4. The molecule has 0 aliphatic heterocycles. The number of thioether (sulfide) groups is 1. The fourth-order valence-electron chi connectivity index (χ4n) is 2.95. The topological polar surface area (TPSA) is 54.9 Å². The van der Waals surface area contributed by atoms with Crippen LogP contribution in [0.2, 0.25) is 0 Å². The number of anilines is 1. The molecule has 0 fully saturated rings. The number of hydrogen-bond donors (Lipinski definition) is 1. The van der Waals surface area contributed by atoms with Gasteiger partial charge in [0, 0.05) is 12.5 Å². The van der Waals surface area contributed by atoms with Crippen molar-refractivity contribution < 1.29 is 13.6 Å². The van der Waals surface area contributed by atoms with Crippen LogP contribution in [0.3, 0.4) is 0 Å². The average Bonchev–Trinajstić information content (AvgIpc) is 2.75. The molecular weight excluding hydrogens is 404 g/mol. The highest BCUT2D eigenvalue weighted by Gasteiger charge is 2.14. The summed E-state index contributed by atoms with van der Waals surface area (Å²) in [7, 11) is 0. The molecule has 4 nitrogen and oxygen atoms in total. The Hall–Kier alpha value is -3.32. The second kappa shape index (κ2) is 9.00. The van der Waals surface area contributed by atoms with Crippen LogP contribution in [0.25, 0.3) is 11.0 Å². The summed E-state index contributed by atoms with van der Waals surface area (Å²) < 4.78 is 26.8. The summed E-state index contributed by atoms with van der Waals surface area (Å²) in [6.07, 6.45) is 0.579. The first-order valence-electron chi connectivity index (χ1n) is 9.26. The molecular formula is C23H17F2N3OS. The van der Waals surface area contributed by atoms with E-state index in [-0.39, 0.29) is 11.4 Å². The quantitative estimate of drug-likeness (QED) is 0.433. The summed E-state index contributed by atoms with van der Waals surface area (Å²) in [4.78, 5) is 21.7. The van der Waals surface area contributed by atoms with Gasteiger partial charge < -0.3 is 5.32 Å². The maximum Gasteiger partial charge on any atom is 0.234 e. The first-order chi connectivity index (χ1) is 14.6. The maximum atomic E-state index is 13.8. The highest BCUT2D eigenvalue weighted by atomic mass is 32.2. The normalized spacial score (nSPS) is 10.9. The van der Waals surface area contributed by atoms with Crippen LogP contribution in [-0.4, -0.2) is 21.6 Å². The molecule has 0 atom stereocenters. The van der Waals surface area contributed by atoms with Gasteiger partial charge in [-0.25, -0.2) is 18.7 Å². The molecule has 150 valence electrons. The highest BCUT2D eigenvalue weighted by Crippen LogP contribution is 2.25. The number of halogens is 2. The number of fused-ring (bicyclic) bond motifs is 1. The summed E-state index contributed by atoms with van der Waals surface area (Å²) in [5.74, 6) is -1.90. The minimum absolute atomic E-state index is 0.0195. The van der Waals surface area contributed by atoms with Gasteiger partial charge in [-0.05, 0) is 29.8 Å². The Morgan fingerprint density at radius 2 is 1.60 bits per heavy atom. The van der Waals surface area contributed by atoms with E-state index in [9.17, 15) is 13.6 Å². The van der Waals surface area contributed by atoms with Crippen LogP contribution >= 0.6 is 11.8 Å². The van der Waals surface area contributed by atoms with Gasteiger partial charge in [0.1, 0.15) is 16.7 Å². The fraction of sp³-hybridized carbons (Fsp3) is 0.0870. The van der Waals surface area contributed by atoms with E-state index in [0.29, 0.717) is 11.4 Å². The monoisotopic (exact) mass is 421 g/mol. The molecule has 3 aromatic carbocycles. The number of rotatable bonds is 6. The van der Waals surface area contributed by atoms with Gasteiger partial charge in [0.05, 0.1) is 28.2 Å². The molecule has 0 bridgehead atoms. The van der Waals surface area contributed by atoms with E-state index in [1.54, 1.807) is 0 Å². The minimum atomic E-state index is -0.816. The average molecular weight is 421 g/mol. The van der Waals surface area contributed by atoms with Gasteiger partial charge in [0.15, 0.2) is 0 Å². The fourth-order valence-corrected chi connectivity index (χ4v) is 3.74. The molecule has 0 saturated carbocycles. The van der Waals surface area contributed by atoms with E-state index in [2.05, 4.69) is 10.3 Å². The molecule has 4 aromatic rings. The second-order valence-corrected chi connectivity index (χ2v) is 7.55. The van der Waals surface area contributed by atoms with Gasteiger partial charge in [-0.15, -0.1) is 0 Å². The Morgan fingerprint density at radius 1 is 0.900 bits per heavy atom. The lowest BCUT2D eigenvalue weighted by Crippen LogP contribution is -2.15. The Morgan fingerprint density at radius 3 is 2.33 bits per heavy atom. The summed E-state index contributed by atoms with van der Waals surface area (Å²) in [6.45, 7) is 0. The van der Waals surface area contributed by atoms with Gasteiger partial charge in [0.2, 0.25) is 5.91 Å². The largest absolute Gasteiger partial charge is 0.323 e. The molecule has 0 aliphatic carbocycles. The van der Waals surface area contributed by atoms with Crippen molar-refractivity contribution in [2.75, 3.05) is 11.1 Å². The highest BCUT2D eigenvalue weighted by molar-refractivity contribution is 8.00. The predicted octanol–water partition coefficient (Wildman–Crippen LogP) is 5.23. The van der Waals surface area contributed by atoms with E-state index >= 15 is 0 Å². The maximum absolute atomic E-state index is 13.8. The standard InChI is InChI=1S/C23H17F2N3OS/c24-16-10-11-18(17(25)13-16)27-22(29)14-30-23-21(12-15-6-2-1-3-7-15)26-19-8-4-5-9-20(19)28-23/h1-11,13H,12,14H2,(H,27,29). The lowest BCUT2D eigenvalue weighted by Gasteiger charge is -2.10. The summed E-state index contributed by atoms with van der Waals surface area (Å²) in [5.41, 5.74) is 3.32. The number of aromatic nitrogens is 2. The first kappa shape index (κ1) is 20.0. The molecule has 1 amide bonds. The van der Waals surface area contributed by atoms with Crippen LogP contribution in [-0.2, 0) is 11.2 Å². The third-order valence-electron chi connectivity index (χ3n) is 4.37. The molecule has 0 spiro atoms. The lowest BCUT2D eigenvalue weighted by atomic mass is 10.1. The molecule has 0 saturated heterocycles. The number of nitrogens with zero attached hydrogens (tertiary/aromatic N) is 2. The molecule has 1 aromatic heterocycles. The zero-order valence-corrected chi connectivity index (χ0v) is 16.6.